The van der Waals surface area contributed by atoms with Crippen molar-refractivity contribution in [2.45, 2.75) is 19.6 Å². The van der Waals surface area contributed by atoms with Gasteiger partial charge in [0.1, 0.15) is 12.4 Å². The van der Waals surface area contributed by atoms with E-state index in [9.17, 15) is 4.39 Å². The maximum absolute atomic E-state index is 13.7. The highest BCUT2D eigenvalue weighted by atomic mass is 35.5. The first-order valence-electron chi connectivity index (χ1n) is 9.80. The maximum Gasteiger partial charge on any atom is 0.161 e. The molecule has 0 aromatic heterocycles. The maximum atomic E-state index is 13.7. The first-order valence-corrected chi connectivity index (χ1v) is 9.80. The molecule has 1 saturated heterocycles. The Morgan fingerprint density at radius 1 is 1.07 bits per heavy atom. The van der Waals surface area contributed by atoms with Gasteiger partial charge in [0.05, 0.1) is 20.3 Å². The summed E-state index contributed by atoms with van der Waals surface area (Å²) in [5, 5.41) is 3.47. The minimum Gasteiger partial charge on any atom is -0.493 e. The molecule has 1 N–H and O–H groups in total. The van der Waals surface area contributed by atoms with Crippen LogP contribution in [0.1, 0.15) is 17.5 Å². The molecule has 30 heavy (non-hydrogen) atoms. The van der Waals surface area contributed by atoms with Gasteiger partial charge in [-0.3, -0.25) is 4.90 Å². The number of nitrogens with one attached hydrogen (secondary N) is 1. The van der Waals surface area contributed by atoms with Gasteiger partial charge in [0.2, 0.25) is 0 Å². The number of hydrogen-bond acceptors (Lipinski definition) is 5. The molecule has 168 valence electrons. The summed E-state index contributed by atoms with van der Waals surface area (Å²) in [4.78, 5) is 2.44. The van der Waals surface area contributed by atoms with Gasteiger partial charge in [-0.25, -0.2) is 4.39 Å². The van der Waals surface area contributed by atoms with E-state index < -0.39 is 0 Å². The van der Waals surface area contributed by atoms with E-state index in [1.165, 1.54) is 6.07 Å². The fourth-order valence-corrected chi connectivity index (χ4v) is 3.20. The van der Waals surface area contributed by atoms with Crippen LogP contribution < -0.4 is 14.8 Å². The number of rotatable bonds is 10. The fraction of sp³-hybridized carbons (Fsp3) is 0.455. The first kappa shape index (κ1) is 26.5. The van der Waals surface area contributed by atoms with Gasteiger partial charge >= 0.3 is 0 Å². The SMILES string of the molecule is COc1cc(CNCCCN2CCOCC2)ccc1OCc1ccccc1F.Cl.Cl. The Morgan fingerprint density at radius 2 is 1.83 bits per heavy atom. The predicted molar refractivity (Wildman–Crippen MR) is 122 cm³/mol. The molecule has 3 rings (SSSR count). The summed E-state index contributed by atoms with van der Waals surface area (Å²) in [7, 11) is 1.62. The molecule has 1 fully saturated rings. The summed E-state index contributed by atoms with van der Waals surface area (Å²) in [6.07, 6.45) is 1.11. The molecule has 1 aliphatic heterocycles. The minimum absolute atomic E-state index is 0. The van der Waals surface area contributed by atoms with E-state index in [2.05, 4.69) is 10.2 Å². The lowest BCUT2D eigenvalue weighted by Gasteiger charge is -2.26. The zero-order chi connectivity index (χ0) is 19.6. The highest BCUT2D eigenvalue weighted by Crippen LogP contribution is 2.29. The van der Waals surface area contributed by atoms with Crippen molar-refractivity contribution in [2.75, 3.05) is 46.5 Å². The summed E-state index contributed by atoms with van der Waals surface area (Å²) < 4.78 is 30.3. The molecule has 0 unspecified atom stereocenters. The van der Waals surface area contributed by atoms with Gasteiger partial charge in [-0.05, 0) is 43.3 Å². The lowest BCUT2D eigenvalue weighted by Crippen LogP contribution is -2.37. The van der Waals surface area contributed by atoms with Crippen LogP contribution >= 0.6 is 24.8 Å². The van der Waals surface area contributed by atoms with E-state index in [0.29, 0.717) is 17.1 Å². The van der Waals surface area contributed by atoms with Crippen molar-refractivity contribution in [1.29, 1.82) is 0 Å². The van der Waals surface area contributed by atoms with Gasteiger partial charge in [0.25, 0.3) is 0 Å². The minimum atomic E-state index is -0.264. The fourth-order valence-electron chi connectivity index (χ4n) is 3.20. The van der Waals surface area contributed by atoms with Crippen LogP contribution in [-0.2, 0) is 17.9 Å². The molecule has 0 bridgehead atoms. The van der Waals surface area contributed by atoms with Crippen molar-refractivity contribution < 1.29 is 18.6 Å². The molecule has 0 spiro atoms. The number of benzene rings is 2. The van der Waals surface area contributed by atoms with Crippen molar-refractivity contribution in [3.63, 3.8) is 0 Å². The molecule has 0 amide bonds. The summed E-state index contributed by atoms with van der Waals surface area (Å²) in [6.45, 7) is 6.76. The monoisotopic (exact) mass is 460 g/mol. The molecule has 0 radical (unpaired) electrons. The molecule has 2 aromatic carbocycles. The van der Waals surface area contributed by atoms with E-state index in [1.807, 2.05) is 18.2 Å². The number of morpholine rings is 1. The Bertz CT molecular complexity index is 746. The van der Waals surface area contributed by atoms with Crippen molar-refractivity contribution in [3.05, 3.63) is 59.4 Å². The lowest BCUT2D eigenvalue weighted by molar-refractivity contribution is 0.0374. The molecule has 1 aliphatic rings. The Balaban J connectivity index is 0.00000225. The third-order valence-corrected chi connectivity index (χ3v) is 4.83. The summed E-state index contributed by atoms with van der Waals surface area (Å²) in [5.74, 6) is 1.00. The van der Waals surface area contributed by atoms with Gasteiger partial charge in [0, 0.05) is 25.2 Å². The van der Waals surface area contributed by atoms with E-state index in [-0.39, 0.29) is 37.2 Å². The summed E-state index contributed by atoms with van der Waals surface area (Å²) >= 11 is 0. The lowest BCUT2D eigenvalue weighted by atomic mass is 10.2. The quantitative estimate of drug-likeness (QED) is 0.541. The van der Waals surface area contributed by atoms with Crippen LogP contribution in [0, 0.1) is 5.82 Å². The third kappa shape index (κ3) is 8.28. The van der Waals surface area contributed by atoms with Crippen LogP contribution in [0.4, 0.5) is 4.39 Å². The third-order valence-electron chi connectivity index (χ3n) is 4.83. The number of hydrogen-bond donors (Lipinski definition) is 1. The number of nitrogens with zero attached hydrogens (tertiary/aromatic N) is 1. The van der Waals surface area contributed by atoms with E-state index in [1.54, 1.807) is 25.3 Å². The Kier molecular flexibility index (Phi) is 12.7. The van der Waals surface area contributed by atoms with Crippen LogP contribution in [0.5, 0.6) is 11.5 Å². The molecule has 0 atom stereocenters. The van der Waals surface area contributed by atoms with Crippen molar-refractivity contribution in [3.8, 4) is 11.5 Å². The van der Waals surface area contributed by atoms with Gasteiger partial charge in [-0.1, -0.05) is 24.3 Å². The second kappa shape index (κ2) is 14.4. The van der Waals surface area contributed by atoms with Crippen LogP contribution in [0.25, 0.3) is 0 Å². The molecule has 1 heterocycles. The van der Waals surface area contributed by atoms with E-state index >= 15 is 0 Å². The van der Waals surface area contributed by atoms with Crippen LogP contribution in [-0.4, -0.2) is 51.4 Å². The first-order chi connectivity index (χ1) is 13.8. The Labute approximate surface area is 190 Å². The number of ether oxygens (including phenoxy) is 3. The smallest absolute Gasteiger partial charge is 0.161 e. The van der Waals surface area contributed by atoms with Crippen molar-refractivity contribution >= 4 is 24.8 Å². The van der Waals surface area contributed by atoms with E-state index in [4.69, 9.17) is 14.2 Å². The predicted octanol–water partition coefficient (Wildman–Crippen LogP) is 4.07. The topological polar surface area (TPSA) is 43.0 Å². The van der Waals surface area contributed by atoms with Gasteiger partial charge < -0.3 is 19.5 Å². The molecule has 5 nitrogen and oxygen atoms in total. The zero-order valence-corrected chi connectivity index (χ0v) is 18.9. The molecule has 8 heteroatoms. The normalized spacial score (nSPS) is 13.8. The molecule has 0 aliphatic carbocycles. The average molecular weight is 461 g/mol. The highest BCUT2D eigenvalue weighted by Gasteiger charge is 2.10. The summed E-state index contributed by atoms with van der Waals surface area (Å²) in [6, 6.07) is 12.5. The summed E-state index contributed by atoms with van der Waals surface area (Å²) in [5.41, 5.74) is 1.65. The molecule has 2 aromatic rings. The van der Waals surface area contributed by atoms with Crippen LogP contribution in [0.2, 0.25) is 0 Å². The second-order valence-corrected chi connectivity index (χ2v) is 6.85. The Hall–Kier alpha value is -1.57. The van der Waals surface area contributed by atoms with Crippen molar-refractivity contribution in [2.24, 2.45) is 0 Å². The second-order valence-electron chi connectivity index (χ2n) is 6.85. The highest BCUT2D eigenvalue weighted by molar-refractivity contribution is 5.85. The number of methoxy groups -OCH3 is 1. The van der Waals surface area contributed by atoms with Gasteiger partial charge in [-0.15, -0.1) is 24.8 Å². The van der Waals surface area contributed by atoms with Crippen LogP contribution in [0.3, 0.4) is 0 Å². The van der Waals surface area contributed by atoms with Crippen molar-refractivity contribution in [1.82, 2.24) is 10.2 Å². The standard InChI is InChI=1S/C22H29FN2O3.2ClH/c1-26-22-15-18(16-24-9-4-10-25-11-13-27-14-12-25)7-8-21(22)28-17-19-5-2-3-6-20(19)23;;/h2-3,5-8,15,24H,4,9-14,16-17H2,1H3;2*1H. The van der Waals surface area contributed by atoms with Crippen LogP contribution in [0.15, 0.2) is 42.5 Å². The molecular formula is C22H31Cl2FN2O3. The van der Waals surface area contributed by atoms with Gasteiger partial charge in [-0.2, -0.15) is 0 Å². The van der Waals surface area contributed by atoms with E-state index in [0.717, 1.165) is 57.9 Å². The number of halogens is 3. The molecular weight excluding hydrogens is 430 g/mol. The molecule has 0 saturated carbocycles. The Morgan fingerprint density at radius 3 is 2.57 bits per heavy atom. The largest absolute Gasteiger partial charge is 0.493 e. The average Bonchev–Trinajstić information content (AvgIpc) is 2.74. The van der Waals surface area contributed by atoms with Gasteiger partial charge in [0.15, 0.2) is 11.5 Å². The zero-order valence-electron chi connectivity index (χ0n) is 17.3.